The molecule has 8 nitrogen and oxygen atoms in total. The molecule has 0 aliphatic rings. The van der Waals surface area contributed by atoms with Crippen LogP contribution in [0.3, 0.4) is 0 Å². The van der Waals surface area contributed by atoms with Crippen molar-refractivity contribution in [3.05, 3.63) is 206 Å². The van der Waals surface area contributed by atoms with Gasteiger partial charge in [-0.15, -0.1) is 0 Å². The van der Waals surface area contributed by atoms with E-state index in [0.717, 1.165) is 33.5 Å². The molecule has 0 N–H and O–H groups in total. The molecule has 5 aromatic carbocycles. The van der Waals surface area contributed by atoms with Crippen LogP contribution in [0.1, 0.15) is 21.0 Å². The van der Waals surface area contributed by atoms with Gasteiger partial charge in [-0.3, -0.25) is 19.4 Å². The summed E-state index contributed by atoms with van der Waals surface area (Å²) in [7, 11) is 0. The lowest BCUT2D eigenvalue weighted by atomic mass is 10.1. The van der Waals surface area contributed by atoms with Gasteiger partial charge in [0.1, 0.15) is 11.4 Å². The average Bonchev–Trinajstić information content (AvgIpc) is 3.27. The van der Waals surface area contributed by atoms with Crippen LogP contribution < -0.4 is 9.80 Å². The summed E-state index contributed by atoms with van der Waals surface area (Å²) in [5, 5.41) is 1.80. The van der Waals surface area contributed by atoms with Crippen LogP contribution in [0.2, 0.25) is 0 Å². The first kappa shape index (κ1) is 34.0. The van der Waals surface area contributed by atoms with E-state index in [1.54, 1.807) is 21.9 Å². The van der Waals surface area contributed by atoms with Crippen LogP contribution in [0.15, 0.2) is 194 Å². The van der Waals surface area contributed by atoms with E-state index in [4.69, 9.17) is 19.9 Å². The summed E-state index contributed by atoms with van der Waals surface area (Å²) in [6.07, 6.45) is 0. The first-order chi connectivity index (χ1) is 27.6. The number of rotatable bonds is 8. The van der Waals surface area contributed by atoms with Crippen molar-refractivity contribution in [2.75, 3.05) is 9.80 Å². The zero-order valence-electron chi connectivity index (χ0n) is 30.0. The van der Waals surface area contributed by atoms with Gasteiger partial charge in [-0.2, -0.15) is 0 Å². The number of para-hydroxylation sites is 4. The summed E-state index contributed by atoms with van der Waals surface area (Å²) < 4.78 is 0. The van der Waals surface area contributed by atoms with Gasteiger partial charge in [-0.25, -0.2) is 19.9 Å². The van der Waals surface area contributed by atoms with Gasteiger partial charge in [0.2, 0.25) is 0 Å². The lowest BCUT2D eigenvalue weighted by Gasteiger charge is -2.23. The van der Waals surface area contributed by atoms with Gasteiger partial charge in [0.25, 0.3) is 11.8 Å². The fraction of sp³-hybridized carbons (Fsp3) is 0. The van der Waals surface area contributed by atoms with Crippen LogP contribution >= 0.6 is 0 Å². The van der Waals surface area contributed by atoms with Gasteiger partial charge in [0.05, 0.1) is 33.8 Å². The number of nitrogens with zero attached hydrogens (tertiary/aromatic N) is 6. The fourth-order valence-corrected chi connectivity index (χ4v) is 6.75. The molecule has 266 valence electrons. The Morgan fingerprint density at radius 1 is 0.304 bits per heavy atom. The number of hydrogen-bond acceptors (Lipinski definition) is 6. The highest BCUT2D eigenvalue weighted by atomic mass is 16.2. The molecule has 56 heavy (non-hydrogen) atoms. The van der Waals surface area contributed by atoms with Crippen molar-refractivity contribution in [1.82, 2.24) is 19.9 Å². The molecule has 0 saturated heterocycles. The normalized spacial score (nSPS) is 11.0. The molecule has 9 rings (SSSR count). The van der Waals surface area contributed by atoms with Crippen molar-refractivity contribution in [2.24, 2.45) is 0 Å². The standard InChI is InChI=1S/C48H32N6O2/c55-47(53(35-15-5-1-6-16-35)36-17-7-2-8-18-36)43-25-13-23-39(49-43)41-31-29-33-27-28-34-30-32-42(52-46(34)45(33)51-41)40-24-14-26-44(50-40)48(56)54(37-19-9-3-10-20-37)38-21-11-4-12-22-38/h1-32H. The highest BCUT2D eigenvalue weighted by molar-refractivity contribution is 6.11. The Bertz CT molecular complexity index is 2580. The van der Waals surface area contributed by atoms with Crippen molar-refractivity contribution in [3.8, 4) is 22.8 Å². The van der Waals surface area contributed by atoms with Crippen LogP contribution in [0, 0.1) is 0 Å². The second-order valence-corrected chi connectivity index (χ2v) is 13.0. The van der Waals surface area contributed by atoms with E-state index >= 15 is 0 Å². The molecular weight excluding hydrogens is 693 g/mol. The molecule has 0 spiro atoms. The molecule has 0 radical (unpaired) electrons. The van der Waals surface area contributed by atoms with Crippen molar-refractivity contribution in [1.29, 1.82) is 0 Å². The Kier molecular flexibility index (Phi) is 9.03. The number of aromatic nitrogens is 4. The molecule has 0 unspecified atom stereocenters. The summed E-state index contributed by atoms with van der Waals surface area (Å²) >= 11 is 0. The smallest absolute Gasteiger partial charge is 0.276 e. The maximum absolute atomic E-state index is 14.1. The number of fused-ring (bicyclic) bond motifs is 3. The number of benzene rings is 5. The number of hydrogen-bond donors (Lipinski definition) is 0. The lowest BCUT2D eigenvalue weighted by molar-refractivity contribution is 0.0987. The second-order valence-electron chi connectivity index (χ2n) is 13.0. The Morgan fingerprint density at radius 2 is 0.607 bits per heavy atom. The van der Waals surface area contributed by atoms with Crippen LogP contribution in [0.5, 0.6) is 0 Å². The molecule has 0 aliphatic heterocycles. The van der Waals surface area contributed by atoms with Crippen LogP contribution in [0.25, 0.3) is 44.6 Å². The van der Waals surface area contributed by atoms with Crippen LogP contribution in [-0.2, 0) is 0 Å². The number of pyridine rings is 4. The molecule has 8 heteroatoms. The molecule has 4 heterocycles. The first-order valence-electron chi connectivity index (χ1n) is 18.2. The quantitative estimate of drug-likeness (QED) is 0.145. The molecule has 0 saturated carbocycles. The summed E-state index contributed by atoms with van der Waals surface area (Å²) in [6.45, 7) is 0. The van der Waals surface area contributed by atoms with E-state index in [0.29, 0.717) is 33.8 Å². The zero-order chi connectivity index (χ0) is 37.8. The van der Waals surface area contributed by atoms with E-state index in [9.17, 15) is 9.59 Å². The lowest BCUT2D eigenvalue weighted by Crippen LogP contribution is -2.26. The third-order valence-corrected chi connectivity index (χ3v) is 9.44. The maximum Gasteiger partial charge on any atom is 0.281 e. The zero-order valence-corrected chi connectivity index (χ0v) is 30.0. The van der Waals surface area contributed by atoms with Gasteiger partial charge in [-0.05, 0) is 84.9 Å². The van der Waals surface area contributed by atoms with Gasteiger partial charge in [0.15, 0.2) is 0 Å². The van der Waals surface area contributed by atoms with E-state index in [2.05, 4.69) is 0 Å². The van der Waals surface area contributed by atoms with Crippen molar-refractivity contribution < 1.29 is 9.59 Å². The largest absolute Gasteiger partial charge is 0.281 e. The van der Waals surface area contributed by atoms with E-state index in [1.165, 1.54) is 0 Å². The van der Waals surface area contributed by atoms with E-state index in [-0.39, 0.29) is 23.2 Å². The fourth-order valence-electron chi connectivity index (χ4n) is 6.75. The summed E-state index contributed by atoms with van der Waals surface area (Å²) in [5.74, 6) is -0.517. The highest BCUT2D eigenvalue weighted by Crippen LogP contribution is 2.31. The van der Waals surface area contributed by atoms with Crippen molar-refractivity contribution in [3.63, 3.8) is 0 Å². The molecule has 0 fully saturated rings. The van der Waals surface area contributed by atoms with Gasteiger partial charge in [0, 0.05) is 33.5 Å². The molecule has 2 amide bonds. The third-order valence-electron chi connectivity index (χ3n) is 9.44. The predicted molar refractivity (Wildman–Crippen MR) is 222 cm³/mol. The molecule has 0 atom stereocenters. The Hall–Kier alpha value is -7.84. The molecule has 0 aliphatic carbocycles. The van der Waals surface area contributed by atoms with Crippen LogP contribution in [0.4, 0.5) is 22.7 Å². The number of anilines is 4. The minimum atomic E-state index is -0.259. The number of carbonyl (C=O) groups excluding carboxylic acids is 2. The highest BCUT2D eigenvalue weighted by Gasteiger charge is 2.23. The Morgan fingerprint density at radius 3 is 0.946 bits per heavy atom. The third kappa shape index (κ3) is 6.63. The summed E-state index contributed by atoms with van der Waals surface area (Å²) in [4.78, 5) is 51.4. The predicted octanol–water partition coefficient (Wildman–Crippen LogP) is 10.9. The second kappa shape index (κ2) is 14.9. The average molecular weight is 725 g/mol. The van der Waals surface area contributed by atoms with Gasteiger partial charge >= 0.3 is 0 Å². The summed E-state index contributed by atoms with van der Waals surface area (Å²) in [6, 6.07) is 60.8. The Labute approximate surface area is 323 Å². The first-order valence-corrected chi connectivity index (χ1v) is 18.2. The monoisotopic (exact) mass is 724 g/mol. The number of amides is 2. The molecule has 0 bridgehead atoms. The topological polar surface area (TPSA) is 92.2 Å². The minimum Gasteiger partial charge on any atom is -0.276 e. The minimum absolute atomic E-state index is 0.259. The van der Waals surface area contributed by atoms with E-state index in [1.807, 2.05) is 182 Å². The van der Waals surface area contributed by atoms with E-state index < -0.39 is 0 Å². The molecular formula is C48H32N6O2. The maximum atomic E-state index is 14.1. The van der Waals surface area contributed by atoms with Crippen molar-refractivity contribution >= 4 is 56.4 Å². The number of carbonyl (C=O) groups is 2. The summed E-state index contributed by atoms with van der Waals surface area (Å²) in [5.41, 5.74) is 7.21. The van der Waals surface area contributed by atoms with Gasteiger partial charge in [-0.1, -0.05) is 109 Å². The van der Waals surface area contributed by atoms with Gasteiger partial charge < -0.3 is 0 Å². The van der Waals surface area contributed by atoms with Crippen LogP contribution in [-0.4, -0.2) is 31.8 Å². The van der Waals surface area contributed by atoms with Crippen molar-refractivity contribution in [2.45, 2.75) is 0 Å². The molecule has 9 aromatic rings. The Balaban J connectivity index is 1.07. The molecule has 4 aromatic heterocycles. The SMILES string of the molecule is O=C(c1cccc(-c2ccc3ccc4ccc(-c5cccc(C(=O)N(c6ccccc6)c6ccccc6)n5)nc4c3n2)n1)N(c1ccccc1)c1ccccc1.